The molecule has 15 heavy (non-hydrogen) atoms. The highest BCUT2D eigenvalue weighted by Crippen LogP contribution is 2.52. The van der Waals surface area contributed by atoms with E-state index in [9.17, 15) is 0 Å². The number of hydrogen-bond acceptors (Lipinski definition) is 0. The van der Waals surface area contributed by atoms with Crippen LogP contribution in [0.3, 0.4) is 0 Å². The summed E-state index contributed by atoms with van der Waals surface area (Å²) in [6.07, 6.45) is 1.34. The molecule has 0 heterocycles. The maximum atomic E-state index is 6.10. The molecule has 3 unspecified atom stereocenters. The Morgan fingerprint density at radius 3 is 2.47 bits per heavy atom. The Balaban J connectivity index is 2.31. The van der Waals surface area contributed by atoms with Gasteiger partial charge in [-0.05, 0) is 54.9 Å². The summed E-state index contributed by atoms with van der Waals surface area (Å²) in [7, 11) is 0. The Bertz CT molecular complexity index is 386. The van der Waals surface area contributed by atoms with Crippen molar-refractivity contribution in [2.45, 2.75) is 32.0 Å². The molecule has 0 aromatic heterocycles. The number of rotatable bonds is 2. The van der Waals surface area contributed by atoms with Crippen LogP contribution in [0.5, 0.6) is 0 Å². The second kappa shape index (κ2) is 4.10. The van der Waals surface area contributed by atoms with Crippen molar-refractivity contribution in [3.05, 3.63) is 33.8 Å². The summed E-state index contributed by atoms with van der Waals surface area (Å²) in [4.78, 5) is 0.503. The van der Waals surface area contributed by atoms with Gasteiger partial charge in [0, 0.05) is 9.85 Å². The summed E-state index contributed by atoms with van der Waals surface area (Å²) in [5, 5.41) is 0.875. The highest BCUT2D eigenvalue weighted by atomic mass is 79.9. The lowest BCUT2D eigenvalue weighted by Crippen LogP contribution is -1.98. The van der Waals surface area contributed by atoms with Crippen LogP contribution in [0, 0.1) is 25.7 Å². The Labute approximate surface area is 105 Å². The van der Waals surface area contributed by atoms with Gasteiger partial charge in [0.2, 0.25) is 0 Å². The molecule has 1 aromatic carbocycles. The van der Waals surface area contributed by atoms with Crippen LogP contribution in [-0.2, 0) is 0 Å². The molecule has 0 nitrogen and oxygen atoms in total. The predicted molar refractivity (Wildman–Crippen MR) is 69.9 cm³/mol. The van der Waals surface area contributed by atoms with E-state index in [1.54, 1.807) is 0 Å². The molecule has 2 heteroatoms. The molecule has 1 saturated carbocycles. The van der Waals surface area contributed by atoms with Gasteiger partial charge in [-0.15, -0.1) is 0 Å². The third-order valence-electron chi connectivity index (χ3n) is 3.39. The molecule has 1 aliphatic carbocycles. The largest absolute Gasteiger partial charge is 0.0840 e. The third kappa shape index (κ3) is 2.24. The lowest BCUT2D eigenvalue weighted by atomic mass is 10.00. The molecule has 0 spiro atoms. The van der Waals surface area contributed by atoms with Crippen LogP contribution in [-0.4, -0.2) is 0 Å². The fourth-order valence-electron chi connectivity index (χ4n) is 2.09. The molecule has 82 valence electrons. The minimum atomic E-state index is 0.503. The van der Waals surface area contributed by atoms with E-state index in [2.05, 4.69) is 48.8 Å². The van der Waals surface area contributed by atoms with E-state index in [0.717, 1.165) is 16.9 Å². The van der Waals surface area contributed by atoms with Crippen molar-refractivity contribution in [1.29, 1.82) is 0 Å². The first-order valence-corrected chi connectivity index (χ1v) is 6.70. The van der Waals surface area contributed by atoms with Gasteiger partial charge in [0.25, 0.3) is 0 Å². The van der Waals surface area contributed by atoms with Crippen LogP contribution in [0.1, 0.15) is 34.9 Å². The fourth-order valence-corrected chi connectivity index (χ4v) is 3.54. The minimum absolute atomic E-state index is 0.503. The van der Waals surface area contributed by atoms with Crippen LogP contribution in [0.4, 0.5) is 0 Å². The van der Waals surface area contributed by atoms with E-state index < -0.39 is 0 Å². The smallest absolute Gasteiger partial charge is 0.0438 e. The molecule has 0 N–H and O–H groups in total. The summed E-state index contributed by atoms with van der Waals surface area (Å²) in [6, 6.07) is 4.30. The van der Waals surface area contributed by atoms with Gasteiger partial charge >= 0.3 is 0 Å². The summed E-state index contributed by atoms with van der Waals surface area (Å²) < 4.78 is 0. The molecule has 1 fully saturated rings. The number of hydrogen-bond donors (Lipinski definition) is 0. The van der Waals surface area contributed by atoms with Crippen LogP contribution in [0.15, 0.2) is 12.1 Å². The summed E-state index contributed by atoms with van der Waals surface area (Å²) >= 11 is 9.92. The van der Waals surface area contributed by atoms with Crippen molar-refractivity contribution in [3.8, 4) is 0 Å². The van der Waals surface area contributed by atoms with Gasteiger partial charge in [-0.2, -0.15) is 0 Å². The molecule has 3 atom stereocenters. The van der Waals surface area contributed by atoms with E-state index in [0.29, 0.717) is 4.83 Å². The number of benzene rings is 1. The topological polar surface area (TPSA) is 0 Å². The first kappa shape index (κ1) is 11.5. The number of halogens is 2. The number of aryl methyl sites for hydroxylation is 2. The molecule has 2 rings (SSSR count). The van der Waals surface area contributed by atoms with Gasteiger partial charge < -0.3 is 0 Å². The van der Waals surface area contributed by atoms with Gasteiger partial charge in [0.05, 0.1) is 0 Å². The third-order valence-corrected chi connectivity index (χ3v) is 4.97. The van der Waals surface area contributed by atoms with Gasteiger partial charge in [0.15, 0.2) is 0 Å². The van der Waals surface area contributed by atoms with Crippen molar-refractivity contribution >= 4 is 27.5 Å². The molecule has 0 radical (unpaired) electrons. The highest BCUT2D eigenvalue weighted by Gasteiger charge is 2.39. The van der Waals surface area contributed by atoms with Crippen molar-refractivity contribution in [2.24, 2.45) is 11.8 Å². The minimum Gasteiger partial charge on any atom is -0.0840 e. The van der Waals surface area contributed by atoms with E-state index in [-0.39, 0.29) is 0 Å². The zero-order chi connectivity index (χ0) is 11.2. The van der Waals surface area contributed by atoms with Crippen molar-refractivity contribution in [3.63, 3.8) is 0 Å². The first-order valence-electron chi connectivity index (χ1n) is 5.41. The summed E-state index contributed by atoms with van der Waals surface area (Å²) in [5.74, 6) is 1.68. The van der Waals surface area contributed by atoms with E-state index in [1.807, 2.05) is 0 Å². The second-order valence-electron chi connectivity index (χ2n) is 4.74. The molecule has 1 aliphatic rings. The fraction of sp³-hybridized carbons (Fsp3) is 0.538. The SMILES string of the molecule is Cc1cc(C(Br)C2CC2C)c(C)cc1Cl. The average Bonchev–Trinajstić information content (AvgIpc) is 2.88. The monoisotopic (exact) mass is 286 g/mol. The van der Waals surface area contributed by atoms with Gasteiger partial charge in [0.1, 0.15) is 0 Å². The predicted octanol–water partition coefficient (Wildman–Crippen LogP) is 5.05. The normalized spacial score (nSPS) is 26.5. The van der Waals surface area contributed by atoms with Gasteiger partial charge in [-0.3, -0.25) is 0 Å². The molecule has 1 aromatic rings. The summed E-state index contributed by atoms with van der Waals surface area (Å²) in [5.41, 5.74) is 3.88. The zero-order valence-corrected chi connectivity index (χ0v) is 11.7. The Morgan fingerprint density at radius 1 is 1.33 bits per heavy atom. The number of alkyl halides is 1. The van der Waals surface area contributed by atoms with Crippen LogP contribution >= 0.6 is 27.5 Å². The maximum absolute atomic E-state index is 6.10. The Hall–Kier alpha value is -0.0100. The van der Waals surface area contributed by atoms with Crippen LogP contribution in [0.2, 0.25) is 5.02 Å². The van der Waals surface area contributed by atoms with Crippen LogP contribution < -0.4 is 0 Å². The van der Waals surface area contributed by atoms with Crippen LogP contribution in [0.25, 0.3) is 0 Å². The van der Waals surface area contributed by atoms with Gasteiger partial charge in [-0.25, -0.2) is 0 Å². The zero-order valence-electron chi connectivity index (χ0n) is 9.35. The molecular formula is C13H16BrCl. The lowest BCUT2D eigenvalue weighted by molar-refractivity contribution is 0.736. The van der Waals surface area contributed by atoms with Crippen molar-refractivity contribution in [2.75, 3.05) is 0 Å². The molecule has 0 aliphatic heterocycles. The first-order chi connectivity index (χ1) is 7.00. The van der Waals surface area contributed by atoms with Crippen molar-refractivity contribution < 1.29 is 0 Å². The van der Waals surface area contributed by atoms with Gasteiger partial charge in [-0.1, -0.05) is 40.5 Å². The molecule has 0 bridgehead atoms. The second-order valence-corrected chi connectivity index (χ2v) is 6.13. The van der Waals surface area contributed by atoms with E-state index in [1.165, 1.54) is 23.1 Å². The quantitative estimate of drug-likeness (QED) is 0.668. The lowest BCUT2D eigenvalue weighted by Gasteiger charge is -2.14. The van der Waals surface area contributed by atoms with E-state index >= 15 is 0 Å². The Morgan fingerprint density at radius 2 is 1.93 bits per heavy atom. The molecule has 0 saturated heterocycles. The molecule has 0 amide bonds. The highest BCUT2D eigenvalue weighted by molar-refractivity contribution is 9.09. The standard InChI is InChI=1S/C13H16BrCl/c1-7-4-10(7)13(14)11-5-9(3)12(15)6-8(11)2/h5-7,10,13H,4H2,1-3H3. The average molecular weight is 288 g/mol. The Kier molecular flexibility index (Phi) is 3.14. The molecular weight excluding hydrogens is 272 g/mol. The maximum Gasteiger partial charge on any atom is 0.0438 e. The summed E-state index contributed by atoms with van der Waals surface area (Å²) in [6.45, 7) is 6.53. The van der Waals surface area contributed by atoms with E-state index in [4.69, 9.17) is 11.6 Å². The van der Waals surface area contributed by atoms with Crippen molar-refractivity contribution in [1.82, 2.24) is 0 Å².